The number of H-pyrrole nitrogens is 1. The average molecular weight is 454 g/mol. The number of nitrogens with one attached hydrogen (secondary N) is 2. The van der Waals surface area contributed by atoms with E-state index >= 15 is 0 Å². The van der Waals surface area contributed by atoms with Crippen LogP contribution in [-0.4, -0.2) is 45.0 Å². The number of aromatic amines is 1. The molecule has 0 aliphatic carbocycles. The predicted octanol–water partition coefficient (Wildman–Crippen LogP) is 3.73. The molecule has 2 amide bonds. The molecule has 1 aliphatic rings. The highest BCUT2D eigenvalue weighted by molar-refractivity contribution is 9.10. The third-order valence-corrected chi connectivity index (χ3v) is 5.46. The van der Waals surface area contributed by atoms with E-state index in [1.165, 1.54) is 0 Å². The minimum Gasteiger partial charge on any atom is -0.338 e. The Hall–Kier alpha value is -3.00. The van der Waals surface area contributed by atoms with Gasteiger partial charge in [-0.05, 0) is 40.9 Å². The van der Waals surface area contributed by atoms with E-state index in [0.29, 0.717) is 30.2 Å². The van der Waals surface area contributed by atoms with Crippen LogP contribution < -0.4 is 5.32 Å². The van der Waals surface area contributed by atoms with Crippen LogP contribution in [0.3, 0.4) is 0 Å². The number of halogens is 1. The number of amides is 2. The Bertz CT molecular complexity index is 1000. The number of nitrogens with zero attached hydrogens (tertiary/aromatic N) is 3. The second-order valence-corrected chi connectivity index (χ2v) is 7.88. The van der Waals surface area contributed by atoms with Gasteiger partial charge in [0.25, 0.3) is 5.91 Å². The summed E-state index contributed by atoms with van der Waals surface area (Å²) in [5, 5.41) is 9.83. The number of carbonyl (C=O) groups excluding carboxylic acids is 2. The summed E-state index contributed by atoms with van der Waals surface area (Å²) in [6, 6.07) is 13.2. The standard InChI is InChI=1S/C21H20BrN5O2/c22-16-8-9-18(23-11-16)25-20(28)15-7-4-10-27(13-15)21(29)17-12-24-26-19(17)14-5-2-1-3-6-14/h1-3,5-6,8-9,11-12,15H,4,7,10,13H2,(H,24,26)(H,23,25,28). The number of pyridine rings is 1. The zero-order chi connectivity index (χ0) is 20.2. The Morgan fingerprint density at radius 3 is 2.72 bits per heavy atom. The minimum atomic E-state index is -0.273. The maximum Gasteiger partial charge on any atom is 0.257 e. The van der Waals surface area contributed by atoms with Gasteiger partial charge in [0.15, 0.2) is 0 Å². The van der Waals surface area contributed by atoms with Crippen LogP contribution in [0.15, 0.2) is 59.3 Å². The van der Waals surface area contributed by atoms with Gasteiger partial charge in [0.2, 0.25) is 5.91 Å². The fourth-order valence-corrected chi connectivity index (χ4v) is 3.73. The molecule has 0 spiro atoms. The first kappa shape index (κ1) is 19.3. The molecule has 4 rings (SSSR count). The molecule has 0 radical (unpaired) electrons. The first-order valence-electron chi connectivity index (χ1n) is 9.42. The zero-order valence-electron chi connectivity index (χ0n) is 15.6. The van der Waals surface area contributed by atoms with Gasteiger partial charge in [-0.3, -0.25) is 14.7 Å². The molecule has 0 saturated carbocycles. The van der Waals surface area contributed by atoms with Crippen molar-refractivity contribution in [3.63, 3.8) is 0 Å². The summed E-state index contributed by atoms with van der Waals surface area (Å²) in [7, 11) is 0. The summed E-state index contributed by atoms with van der Waals surface area (Å²) in [5.74, 6) is -0.00209. The molecular weight excluding hydrogens is 434 g/mol. The van der Waals surface area contributed by atoms with Crippen LogP contribution in [0.2, 0.25) is 0 Å². The average Bonchev–Trinajstić information content (AvgIpc) is 3.25. The van der Waals surface area contributed by atoms with E-state index in [-0.39, 0.29) is 17.7 Å². The molecule has 1 aromatic carbocycles. The summed E-state index contributed by atoms with van der Waals surface area (Å²) < 4.78 is 0.847. The Labute approximate surface area is 176 Å². The molecule has 1 atom stereocenters. The lowest BCUT2D eigenvalue weighted by Gasteiger charge is -2.32. The van der Waals surface area contributed by atoms with E-state index in [1.54, 1.807) is 23.4 Å². The third kappa shape index (κ3) is 4.37. The summed E-state index contributed by atoms with van der Waals surface area (Å²) >= 11 is 3.33. The summed E-state index contributed by atoms with van der Waals surface area (Å²) in [5.41, 5.74) is 2.12. The van der Waals surface area contributed by atoms with E-state index in [2.05, 4.69) is 36.4 Å². The first-order valence-corrected chi connectivity index (χ1v) is 10.2. The van der Waals surface area contributed by atoms with Crippen molar-refractivity contribution < 1.29 is 9.59 Å². The highest BCUT2D eigenvalue weighted by Crippen LogP contribution is 2.25. The Balaban J connectivity index is 1.46. The van der Waals surface area contributed by atoms with Crippen LogP contribution in [0.25, 0.3) is 11.3 Å². The largest absolute Gasteiger partial charge is 0.338 e. The number of rotatable bonds is 4. The van der Waals surface area contributed by atoms with Gasteiger partial charge in [-0.1, -0.05) is 30.3 Å². The predicted molar refractivity (Wildman–Crippen MR) is 113 cm³/mol. The number of aromatic nitrogens is 3. The van der Waals surface area contributed by atoms with Gasteiger partial charge in [-0.15, -0.1) is 0 Å². The van der Waals surface area contributed by atoms with Crippen molar-refractivity contribution in [2.75, 3.05) is 18.4 Å². The van der Waals surface area contributed by atoms with Gasteiger partial charge in [0.05, 0.1) is 23.4 Å². The smallest absolute Gasteiger partial charge is 0.257 e. The Kier molecular flexibility index (Phi) is 5.71. The molecule has 2 N–H and O–H groups in total. The van der Waals surface area contributed by atoms with Crippen LogP contribution in [0.1, 0.15) is 23.2 Å². The van der Waals surface area contributed by atoms with Crippen molar-refractivity contribution in [3.8, 4) is 11.3 Å². The molecule has 1 aliphatic heterocycles. The molecule has 29 heavy (non-hydrogen) atoms. The lowest BCUT2D eigenvalue weighted by Crippen LogP contribution is -2.43. The first-order chi connectivity index (χ1) is 14.1. The van der Waals surface area contributed by atoms with Crippen LogP contribution in [0.5, 0.6) is 0 Å². The van der Waals surface area contributed by atoms with Crippen LogP contribution in [-0.2, 0) is 4.79 Å². The van der Waals surface area contributed by atoms with Gasteiger partial charge in [0, 0.05) is 29.3 Å². The number of piperidine rings is 1. The molecule has 0 bridgehead atoms. The molecular formula is C21H20BrN5O2. The van der Waals surface area contributed by atoms with Crippen molar-refractivity contribution in [1.29, 1.82) is 0 Å². The van der Waals surface area contributed by atoms with Gasteiger partial charge < -0.3 is 10.2 Å². The summed E-state index contributed by atoms with van der Waals surface area (Å²) in [6.45, 7) is 0.999. The Morgan fingerprint density at radius 2 is 1.97 bits per heavy atom. The van der Waals surface area contributed by atoms with E-state index in [9.17, 15) is 9.59 Å². The second kappa shape index (κ2) is 8.57. The monoisotopic (exact) mass is 453 g/mol. The van der Waals surface area contributed by atoms with Crippen LogP contribution in [0, 0.1) is 5.92 Å². The van der Waals surface area contributed by atoms with Gasteiger partial charge in [-0.25, -0.2) is 4.98 Å². The molecule has 7 nitrogen and oxygen atoms in total. The fraction of sp³-hybridized carbons (Fsp3) is 0.238. The molecule has 3 heterocycles. The van der Waals surface area contributed by atoms with Gasteiger partial charge in [-0.2, -0.15) is 5.10 Å². The number of benzene rings is 1. The van der Waals surface area contributed by atoms with E-state index in [1.807, 2.05) is 36.4 Å². The molecule has 1 fully saturated rings. The highest BCUT2D eigenvalue weighted by atomic mass is 79.9. The van der Waals surface area contributed by atoms with Crippen molar-refractivity contribution >= 4 is 33.6 Å². The maximum atomic E-state index is 13.1. The SMILES string of the molecule is O=C(Nc1ccc(Br)cn1)C1CCCN(C(=O)c2cn[nH]c2-c2ccccc2)C1. The Morgan fingerprint density at radius 1 is 1.14 bits per heavy atom. The van der Waals surface area contributed by atoms with Crippen molar-refractivity contribution in [1.82, 2.24) is 20.1 Å². The minimum absolute atomic E-state index is 0.114. The third-order valence-electron chi connectivity index (χ3n) is 4.99. The number of hydrogen-bond donors (Lipinski definition) is 2. The van der Waals surface area contributed by atoms with Crippen molar-refractivity contribution in [3.05, 3.63) is 64.9 Å². The lowest BCUT2D eigenvalue weighted by molar-refractivity contribution is -0.121. The lowest BCUT2D eigenvalue weighted by atomic mass is 9.96. The summed E-state index contributed by atoms with van der Waals surface area (Å²) in [6.07, 6.45) is 4.70. The molecule has 2 aromatic heterocycles. The molecule has 8 heteroatoms. The normalized spacial score (nSPS) is 16.4. The van der Waals surface area contributed by atoms with Gasteiger partial charge in [0.1, 0.15) is 5.82 Å². The van der Waals surface area contributed by atoms with E-state index in [4.69, 9.17) is 0 Å². The number of likely N-dealkylation sites (tertiary alicyclic amines) is 1. The summed E-state index contributed by atoms with van der Waals surface area (Å²) in [4.78, 5) is 31.7. The molecule has 148 valence electrons. The number of carbonyl (C=O) groups is 2. The van der Waals surface area contributed by atoms with Crippen LogP contribution in [0.4, 0.5) is 5.82 Å². The molecule has 3 aromatic rings. The van der Waals surface area contributed by atoms with Crippen LogP contribution >= 0.6 is 15.9 Å². The fourth-order valence-electron chi connectivity index (χ4n) is 3.50. The molecule has 1 unspecified atom stereocenters. The van der Waals surface area contributed by atoms with E-state index in [0.717, 1.165) is 22.9 Å². The number of anilines is 1. The van der Waals surface area contributed by atoms with Gasteiger partial charge >= 0.3 is 0 Å². The zero-order valence-corrected chi connectivity index (χ0v) is 17.2. The number of hydrogen-bond acceptors (Lipinski definition) is 4. The highest BCUT2D eigenvalue weighted by Gasteiger charge is 2.30. The van der Waals surface area contributed by atoms with Crippen molar-refractivity contribution in [2.45, 2.75) is 12.8 Å². The second-order valence-electron chi connectivity index (χ2n) is 6.97. The quantitative estimate of drug-likeness (QED) is 0.629. The maximum absolute atomic E-state index is 13.1. The topological polar surface area (TPSA) is 91.0 Å². The molecule has 1 saturated heterocycles. The van der Waals surface area contributed by atoms with E-state index < -0.39 is 0 Å². The van der Waals surface area contributed by atoms with Crippen molar-refractivity contribution in [2.24, 2.45) is 5.92 Å².